The second kappa shape index (κ2) is 4.61. The number of benzene rings is 1. The van der Waals surface area contributed by atoms with E-state index in [9.17, 15) is 5.11 Å². The highest BCUT2D eigenvalue weighted by Gasteiger charge is 2.24. The third kappa shape index (κ3) is 2.08. The largest absolute Gasteiger partial charge is 0.393 e. The summed E-state index contributed by atoms with van der Waals surface area (Å²) in [5, 5.41) is 9.61. The first-order chi connectivity index (χ1) is 8.74. The first-order valence-corrected chi connectivity index (χ1v) is 6.62. The molecular formula is C14H19N3O. The van der Waals surface area contributed by atoms with Crippen LogP contribution in [0.1, 0.15) is 19.8 Å². The Balaban J connectivity index is 1.76. The molecule has 96 valence electrons. The molecule has 2 aromatic rings. The summed E-state index contributed by atoms with van der Waals surface area (Å²) >= 11 is 0. The van der Waals surface area contributed by atoms with Crippen molar-refractivity contribution < 1.29 is 5.11 Å². The lowest BCUT2D eigenvalue weighted by Crippen LogP contribution is -2.37. The van der Waals surface area contributed by atoms with Gasteiger partial charge in [-0.25, -0.2) is 4.98 Å². The van der Waals surface area contributed by atoms with E-state index >= 15 is 0 Å². The number of aliphatic hydroxyl groups is 1. The van der Waals surface area contributed by atoms with Crippen molar-refractivity contribution in [2.75, 3.05) is 18.0 Å². The number of anilines is 1. The maximum absolute atomic E-state index is 9.61. The van der Waals surface area contributed by atoms with Gasteiger partial charge in [0, 0.05) is 13.1 Å². The SMILES string of the molecule is CC(O)C1CCN(c2nc3ccccc3[nH]2)CC1. The smallest absolute Gasteiger partial charge is 0.203 e. The standard InChI is InChI=1S/C14H19N3O/c1-10(18)11-6-8-17(9-7-11)14-15-12-4-2-3-5-13(12)16-14/h2-5,10-11,18H,6-9H2,1H3,(H,15,16). The molecule has 0 spiro atoms. The predicted octanol–water partition coefficient (Wildman–Crippen LogP) is 2.16. The summed E-state index contributed by atoms with van der Waals surface area (Å²) < 4.78 is 0. The maximum Gasteiger partial charge on any atom is 0.203 e. The zero-order valence-corrected chi connectivity index (χ0v) is 10.6. The third-order valence-electron chi connectivity index (χ3n) is 3.90. The minimum absolute atomic E-state index is 0.192. The van der Waals surface area contributed by atoms with E-state index in [1.807, 2.05) is 31.2 Å². The number of aromatic nitrogens is 2. The number of fused-ring (bicyclic) bond motifs is 1. The topological polar surface area (TPSA) is 52.1 Å². The fourth-order valence-electron chi connectivity index (χ4n) is 2.68. The molecule has 4 heteroatoms. The van der Waals surface area contributed by atoms with Crippen LogP contribution in [0.15, 0.2) is 24.3 Å². The van der Waals surface area contributed by atoms with E-state index in [0.29, 0.717) is 5.92 Å². The van der Waals surface area contributed by atoms with Crippen molar-refractivity contribution in [1.82, 2.24) is 9.97 Å². The Bertz CT molecular complexity index is 494. The molecule has 0 aliphatic carbocycles. The fourth-order valence-corrected chi connectivity index (χ4v) is 2.68. The first-order valence-electron chi connectivity index (χ1n) is 6.62. The number of imidazole rings is 1. The molecule has 0 radical (unpaired) electrons. The first kappa shape index (κ1) is 11.5. The van der Waals surface area contributed by atoms with Crippen molar-refractivity contribution in [1.29, 1.82) is 0 Å². The summed E-state index contributed by atoms with van der Waals surface area (Å²) in [5.41, 5.74) is 2.11. The summed E-state index contributed by atoms with van der Waals surface area (Å²) in [6, 6.07) is 8.10. The summed E-state index contributed by atoms with van der Waals surface area (Å²) in [4.78, 5) is 10.3. The summed E-state index contributed by atoms with van der Waals surface area (Å²) in [6.45, 7) is 3.83. The molecule has 0 bridgehead atoms. The molecule has 18 heavy (non-hydrogen) atoms. The van der Waals surface area contributed by atoms with E-state index in [2.05, 4.69) is 14.9 Å². The number of piperidine rings is 1. The van der Waals surface area contributed by atoms with Crippen LogP contribution in [0.4, 0.5) is 5.95 Å². The van der Waals surface area contributed by atoms with Crippen LogP contribution in [-0.4, -0.2) is 34.3 Å². The highest BCUT2D eigenvalue weighted by atomic mass is 16.3. The van der Waals surface area contributed by atoms with E-state index in [0.717, 1.165) is 42.9 Å². The van der Waals surface area contributed by atoms with Crippen molar-refractivity contribution in [2.24, 2.45) is 5.92 Å². The molecule has 1 atom stereocenters. The quantitative estimate of drug-likeness (QED) is 0.852. The number of H-pyrrole nitrogens is 1. The Hall–Kier alpha value is -1.55. The van der Waals surface area contributed by atoms with Crippen molar-refractivity contribution in [2.45, 2.75) is 25.9 Å². The number of para-hydroxylation sites is 2. The number of hydrogen-bond acceptors (Lipinski definition) is 3. The lowest BCUT2D eigenvalue weighted by molar-refractivity contribution is 0.109. The van der Waals surface area contributed by atoms with Crippen molar-refractivity contribution in [3.8, 4) is 0 Å². The number of nitrogens with zero attached hydrogens (tertiary/aromatic N) is 2. The van der Waals surface area contributed by atoms with Crippen LogP contribution >= 0.6 is 0 Å². The van der Waals surface area contributed by atoms with Crippen LogP contribution in [0.5, 0.6) is 0 Å². The Labute approximate surface area is 107 Å². The van der Waals surface area contributed by atoms with Crippen molar-refractivity contribution in [3.05, 3.63) is 24.3 Å². The average molecular weight is 245 g/mol. The highest BCUT2D eigenvalue weighted by molar-refractivity contribution is 5.77. The Kier molecular flexibility index (Phi) is 2.96. The highest BCUT2D eigenvalue weighted by Crippen LogP contribution is 2.25. The average Bonchev–Trinajstić information content (AvgIpc) is 2.82. The lowest BCUT2D eigenvalue weighted by Gasteiger charge is -2.33. The van der Waals surface area contributed by atoms with Gasteiger partial charge >= 0.3 is 0 Å². The molecule has 4 nitrogen and oxygen atoms in total. The number of aromatic amines is 1. The van der Waals surface area contributed by atoms with Gasteiger partial charge in [-0.3, -0.25) is 0 Å². The van der Waals surface area contributed by atoms with Gasteiger partial charge in [-0.2, -0.15) is 0 Å². The van der Waals surface area contributed by atoms with Gasteiger partial charge in [0.05, 0.1) is 17.1 Å². The number of nitrogens with one attached hydrogen (secondary N) is 1. The molecule has 1 aliphatic rings. The van der Waals surface area contributed by atoms with Gasteiger partial charge in [-0.1, -0.05) is 12.1 Å². The lowest BCUT2D eigenvalue weighted by atomic mass is 9.92. The number of aliphatic hydroxyl groups excluding tert-OH is 1. The van der Waals surface area contributed by atoms with Gasteiger partial charge in [0.2, 0.25) is 5.95 Å². The molecule has 1 fully saturated rings. The zero-order valence-electron chi connectivity index (χ0n) is 10.6. The molecule has 0 saturated carbocycles. The van der Waals surface area contributed by atoms with Gasteiger partial charge in [-0.15, -0.1) is 0 Å². The normalized spacial score (nSPS) is 19.3. The van der Waals surface area contributed by atoms with Gasteiger partial charge in [0.25, 0.3) is 0 Å². The van der Waals surface area contributed by atoms with Crippen LogP contribution in [0.3, 0.4) is 0 Å². The van der Waals surface area contributed by atoms with E-state index < -0.39 is 0 Å². The van der Waals surface area contributed by atoms with E-state index in [1.54, 1.807) is 0 Å². The molecule has 0 amide bonds. The van der Waals surface area contributed by atoms with Gasteiger partial charge in [0.1, 0.15) is 0 Å². The van der Waals surface area contributed by atoms with Crippen LogP contribution < -0.4 is 4.90 Å². The number of rotatable bonds is 2. The Morgan fingerprint density at radius 1 is 1.33 bits per heavy atom. The molecule has 3 rings (SSSR count). The molecule has 1 unspecified atom stereocenters. The molecular weight excluding hydrogens is 226 g/mol. The Morgan fingerprint density at radius 3 is 2.72 bits per heavy atom. The van der Waals surface area contributed by atoms with Crippen LogP contribution in [0, 0.1) is 5.92 Å². The summed E-state index contributed by atoms with van der Waals surface area (Å²) in [7, 11) is 0. The molecule has 2 N–H and O–H groups in total. The second-order valence-corrected chi connectivity index (χ2v) is 5.14. The summed E-state index contributed by atoms with van der Waals surface area (Å²) in [5.74, 6) is 1.39. The number of hydrogen-bond donors (Lipinski definition) is 2. The van der Waals surface area contributed by atoms with Crippen molar-refractivity contribution in [3.63, 3.8) is 0 Å². The zero-order chi connectivity index (χ0) is 12.5. The van der Waals surface area contributed by atoms with E-state index in [4.69, 9.17) is 0 Å². The van der Waals surface area contributed by atoms with Crippen LogP contribution in [0.25, 0.3) is 11.0 Å². The molecule has 1 aromatic carbocycles. The minimum atomic E-state index is -0.192. The van der Waals surface area contributed by atoms with Crippen molar-refractivity contribution >= 4 is 17.0 Å². The van der Waals surface area contributed by atoms with Gasteiger partial charge < -0.3 is 15.0 Å². The van der Waals surface area contributed by atoms with E-state index in [-0.39, 0.29) is 6.10 Å². The van der Waals surface area contributed by atoms with Crippen LogP contribution in [0.2, 0.25) is 0 Å². The molecule has 1 saturated heterocycles. The monoisotopic (exact) mass is 245 g/mol. The molecule has 2 heterocycles. The molecule has 1 aromatic heterocycles. The second-order valence-electron chi connectivity index (χ2n) is 5.14. The predicted molar refractivity (Wildman–Crippen MR) is 72.7 cm³/mol. The van der Waals surface area contributed by atoms with Crippen LogP contribution in [-0.2, 0) is 0 Å². The summed E-state index contributed by atoms with van der Waals surface area (Å²) in [6.07, 6.45) is 1.88. The Morgan fingerprint density at radius 2 is 2.06 bits per heavy atom. The van der Waals surface area contributed by atoms with Gasteiger partial charge in [-0.05, 0) is 37.8 Å². The fraction of sp³-hybridized carbons (Fsp3) is 0.500. The van der Waals surface area contributed by atoms with E-state index in [1.165, 1.54) is 0 Å². The molecule has 1 aliphatic heterocycles. The third-order valence-corrected chi connectivity index (χ3v) is 3.90. The van der Waals surface area contributed by atoms with Gasteiger partial charge in [0.15, 0.2) is 0 Å². The minimum Gasteiger partial charge on any atom is -0.393 e. The maximum atomic E-state index is 9.61.